The van der Waals surface area contributed by atoms with Gasteiger partial charge in [-0.05, 0) is 12.1 Å². The van der Waals surface area contributed by atoms with Crippen LogP contribution in [-0.4, -0.2) is 67.4 Å². The van der Waals surface area contributed by atoms with Crippen LogP contribution in [0.15, 0.2) is 18.2 Å². The van der Waals surface area contributed by atoms with Crippen LogP contribution in [0.2, 0.25) is 0 Å². The van der Waals surface area contributed by atoms with Gasteiger partial charge in [0.1, 0.15) is 11.6 Å². The van der Waals surface area contributed by atoms with Crippen LogP contribution in [0, 0.1) is 11.7 Å². The minimum atomic E-state index is -0.635. The molecule has 2 saturated heterocycles. The average molecular weight is 349 g/mol. The minimum absolute atomic E-state index is 0.0183. The Labute approximate surface area is 144 Å². The summed E-state index contributed by atoms with van der Waals surface area (Å²) in [6.45, 7) is 1.05. The standard InChI is InChI=1S/C17H20FN3O4/c1-19-16(23)10-5-15(22)21(7-10)11-8-20(9-11)17(24)13-4-3-12(25-2)6-14(13)18/h3-4,6,10-11H,5,7-9H2,1-2H3,(H,19,23). The van der Waals surface area contributed by atoms with Gasteiger partial charge in [0.2, 0.25) is 11.8 Å². The van der Waals surface area contributed by atoms with Crippen LogP contribution in [0.1, 0.15) is 16.8 Å². The Hall–Kier alpha value is -2.64. The van der Waals surface area contributed by atoms with Gasteiger partial charge in [-0.2, -0.15) is 0 Å². The number of likely N-dealkylation sites (tertiary alicyclic amines) is 2. The molecule has 134 valence electrons. The van der Waals surface area contributed by atoms with Crippen molar-refractivity contribution in [3.05, 3.63) is 29.6 Å². The van der Waals surface area contributed by atoms with Gasteiger partial charge in [0, 0.05) is 39.2 Å². The lowest BCUT2D eigenvalue weighted by atomic mass is 10.0. The van der Waals surface area contributed by atoms with E-state index >= 15 is 0 Å². The van der Waals surface area contributed by atoms with Gasteiger partial charge in [-0.15, -0.1) is 0 Å². The van der Waals surface area contributed by atoms with Crippen LogP contribution < -0.4 is 10.1 Å². The lowest BCUT2D eigenvalue weighted by molar-refractivity contribution is -0.132. The molecular weight excluding hydrogens is 329 g/mol. The molecule has 0 saturated carbocycles. The van der Waals surface area contributed by atoms with E-state index in [1.54, 1.807) is 11.9 Å². The monoisotopic (exact) mass is 349 g/mol. The molecule has 1 aromatic rings. The van der Waals surface area contributed by atoms with E-state index in [9.17, 15) is 18.8 Å². The number of nitrogens with zero attached hydrogens (tertiary/aromatic N) is 2. The van der Waals surface area contributed by atoms with Gasteiger partial charge >= 0.3 is 0 Å². The fourth-order valence-corrected chi connectivity index (χ4v) is 3.25. The number of hydrogen-bond acceptors (Lipinski definition) is 4. The smallest absolute Gasteiger partial charge is 0.256 e. The van der Waals surface area contributed by atoms with Crippen LogP contribution in [0.5, 0.6) is 5.75 Å². The second-order valence-electron chi connectivity index (χ2n) is 6.27. The molecule has 0 bridgehead atoms. The third-order valence-electron chi connectivity index (χ3n) is 4.77. The summed E-state index contributed by atoms with van der Waals surface area (Å²) in [6.07, 6.45) is 0.192. The second-order valence-corrected chi connectivity index (χ2v) is 6.27. The Bertz CT molecular complexity index is 718. The number of ether oxygens (including phenoxy) is 1. The SMILES string of the molecule is CNC(=O)C1CC(=O)N(C2CN(C(=O)c3ccc(OC)cc3F)C2)C1. The van der Waals surface area contributed by atoms with Gasteiger partial charge in [-0.1, -0.05) is 0 Å². The zero-order valence-corrected chi connectivity index (χ0v) is 14.1. The van der Waals surface area contributed by atoms with Gasteiger partial charge in [0.15, 0.2) is 0 Å². The molecule has 0 aliphatic carbocycles. The van der Waals surface area contributed by atoms with Crippen molar-refractivity contribution >= 4 is 17.7 Å². The predicted octanol–water partition coefficient (Wildman–Crippen LogP) is 0.253. The Morgan fingerprint density at radius 2 is 2.00 bits per heavy atom. The maximum atomic E-state index is 14.0. The van der Waals surface area contributed by atoms with Crippen molar-refractivity contribution in [1.82, 2.24) is 15.1 Å². The molecular formula is C17H20FN3O4. The van der Waals surface area contributed by atoms with E-state index in [4.69, 9.17) is 4.74 Å². The molecule has 1 N–H and O–H groups in total. The fourth-order valence-electron chi connectivity index (χ4n) is 3.25. The summed E-state index contributed by atoms with van der Waals surface area (Å²) < 4.78 is 18.9. The quantitative estimate of drug-likeness (QED) is 0.845. The summed E-state index contributed by atoms with van der Waals surface area (Å²) >= 11 is 0. The van der Waals surface area contributed by atoms with Crippen LogP contribution in [0.3, 0.4) is 0 Å². The molecule has 0 radical (unpaired) electrons. The van der Waals surface area contributed by atoms with Crippen LogP contribution >= 0.6 is 0 Å². The number of carbonyl (C=O) groups excluding carboxylic acids is 3. The number of carbonyl (C=O) groups is 3. The van der Waals surface area contributed by atoms with Crippen molar-refractivity contribution in [2.45, 2.75) is 12.5 Å². The van der Waals surface area contributed by atoms with E-state index in [0.29, 0.717) is 25.4 Å². The number of methoxy groups -OCH3 is 1. The van der Waals surface area contributed by atoms with Crippen molar-refractivity contribution in [3.8, 4) is 5.75 Å². The van der Waals surface area contributed by atoms with Crippen LogP contribution in [0.4, 0.5) is 4.39 Å². The normalized spacial score (nSPS) is 20.4. The lowest BCUT2D eigenvalue weighted by Crippen LogP contribution is -2.61. The number of benzene rings is 1. The summed E-state index contributed by atoms with van der Waals surface area (Å²) in [5, 5.41) is 2.55. The van der Waals surface area contributed by atoms with Crippen molar-refractivity contribution in [2.24, 2.45) is 5.92 Å². The molecule has 2 fully saturated rings. The van der Waals surface area contributed by atoms with E-state index in [1.807, 2.05) is 0 Å². The van der Waals surface area contributed by atoms with E-state index in [2.05, 4.69) is 5.32 Å². The topological polar surface area (TPSA) is 79.0 Å². The number of nitrogens with one attached hydrogen (secondary N) is 1. The first-order chi connectivity index (χ1) is 11.9. The van der Waals surface area contributed by atoms with E-state index < -0.39 is 11.7 Å². The van der Waals surface area contributed by atoms with Gasteiger partial charge in [-0.3, -0.25) is 14.4 Å². The van der Waals surface area contributed by atoms with Gasteiger partial charge < -0.3 is 19.9 Å². The third-order valence-corrected chi connectivity index (χ3v) is 4.77. The molecule has 1 unspecified atom stereocenters. The van der Waals surface area contributed by atoms with E-state index in [1.165, 1.54) is 30.2 Å². The summed E-state index contributed by atoms with van der Waals surface area (Å²) in [4.78, 5) is 39.3. The minimum Gasteiger partial charge on any atom is -0.497 e. The molecule has 3 rings (SSSR count). The number of amides is 3. The van der Waals surface area contributed by atoms with Crippen molar-refractivity contribution in [2.75, 3.05) is 33.8 Å². The molecule has 1 atom stereocenters. The van der Waals surface area contributed by atoms with Crippen LogP contribution in [0.25, 0.3) is 0 Å². The predicted molar refractivity (Wildman–Crippen MR) is 86.5 cm³/mol. The third kappa shape index (κ3) is 3.16. The number of halogens is 1. The van der Waals surface area contributed by atoms with Crippen molar-refractivity contribution in [3.63, 3.8) is 0 Å². The first-order valence-electron chi connectivity index (χ1n) is 8.08. The van der Waals surface area contributed by atoms with Crippen molar-refractivity contribution < 1.29 is 23.5 Å². The maximum absolute atomic E-state index is 14.0. The average Bonchev–Trinajstić information content (AvgIpc) is 2.94. The van der Waals surface area contributed by atoms with Gasteiger partial charge in [0.25, 0.3) is 5.91 Å². The highest BCUT2D eigenvalue weighted by Gasteiger charge is 2.43. The molecule has 2 heterocycles. The molecule has 2 aliphatic heterocycles. The largest absolute Gasteiger partial charge is 0.497 e. The van der Waals surface area contributed by atoms with Crippen molar-refractivity contribution in [1.29, 1.82) is 0 Å². The Morgan fingerprint density at radius 3 is 2.60 bits per heavy atom. The highest BCUT2D eigenvalue weighted by molar-refractivity contribution is 5.95. The number of rotatable bonds is 4. The highest BCUT2D eigenvalue weighted by atomic mass is 19.1. The zero-order chi connectivity index (χ0) is 18.1. The summed E-state index contributed by atoms with van der Waals surface area (Å²) in [7, 11) is 2.97. The Morgan fingerprint density at radius 1 is 1.28 bits per heavy atom. The summed E-state index contributed by atoms with van der Waals surface area (Å²) in [5.74, 6) is -1.28. The first-order valence-corrected chi connectivity index (χ1v) is 8.08. The maximum Gasteiger partial charge on any atom is 0.256 e. The first kappa shape index (κ1) is 17.2. The molecule has 0 spiro atoms. The molecule has 3 amide bonds. The highest BCUT2D eigenvalue weighted by Crippen LogP contribution is 2.27. The van der Waals surface area contributed by atoms with Gasteiger partial charge in [0.05, 0.1) is 24.6 Å². The van der Waals surface area contributed by atoms with E-state index in [-0.39, 0.29) is 35.8 Å². The van der Waals surface area contributed by atoms with Crippen LogP contribution in [-0.2, 0) is 9.59 Å². The number of hydrogen-bond donors (Lipinski definition) is 1. The summed E-state index contributed by atoms with van der Waals surface area (Å²) in [5.41, 5.74) is -0.0183. The van der Waals surface area contributed by atoms with E-state index in [0.717, 1.165) is 0 Å². The lowest BCUT2D eigenvalue weighted by Gasteiger charge is -2.44. The fraction of sp³-hybridized carbons (Fsp3) is 0.471. The molecule has 7 nitrogen and oxygen atoms in total. The molecule has 2 aliphatic rings. The molecule has 25 heavy (non-hydrogen) atoms. The molecule has 0 aromatic heterocycles. The zero-order valence-electron chi connectivity index (χ0n) is 14.1. The van der Waals surface area contributed by atoms with Gasteiger partial charge in [-0.25, -0.2) is 4.39 Å². The summed E-state index contributed by atoms with van der Waals surface area (Å²) in [6, 6.07) is 3.98. The molecule has 8 heteroatoms. The Kier molecular flexibility index (Phi) is 4.61. The molecule has 1 aromatic carbocycles. The Balaban J connectivity index is 1.60. The second kappa shape index (κ2) is 6.70.